The number of para-hydroxylation sites is 1. The Morgan fingerprint density at radius 2 is 2.08 bits per heavy atom. The van der Waals surface area contributed by atoms with Crippen LogP contribution in [0.1, 0.15) is 23.2 Å². The third-order valence-electron chi connectivity index (χ3n) is 4.11. The number of carbonyl (C=O) groups is 1. The second-order valence-electron chi connectivity index (χ2n) is 5.98. The molecule has 0 aromatic heterocycles. The molecule has 134 valence electrons. The maximum atomic E-state index is 12.5. The molecule has 2 aromatic rings. The number of amides is 1. The topological polar surface area (TPSA) is 50.4 Å². The molecule has 0 radical (unpaired) electrons. The van der Waals surface area contributed by atoms with Gasteiger partial charge >= 0.3 is 0 Å². The van der Waals surface area contributed by atoms with Gasteiger partial charge in [-0.3, -0.25) is 4.79 Å². The first-order chi connectivity index (χ1) is 11.7. The molecule has 6 heteroatoms. The predicted molar refractivity (Wildman–Crippen MR) is 106 cm³/mol. The van der Waals surface area contributed by atoms with E-state index in [-0.39, 0.29) is 18.3 Å². The molecule has 1 heterocycles. The van der Waals surface area contributed by atoms with Gasteiger partial charge in [-0.15, -0.1) is 12.4 Å². The second-order valence-corrected chi connectivity index (χ2v) is 6.89. The highest BCUT2D eigenvalue weighted by Crippen LogP contribution is 2.27. The predicted octanol–water partition coefficient (Wildman–Crippen LogP) is 4.39. The molecule has 1 amide bonds. The largest absolute Gasteiger partial charge is 0.456 e. The van der Waals surface area contributed by atoms with Crippen molar-refractivity contribution in [2.75, 3.05) is 19.6 Å². The van der Waals surface area contributed by atoms with Crippen LogP contribution in [-0.2, 0) is 0 Å². The number of ether oxygens (including phenoxy) is 1. The molecule has 0 bridgehead atoms. The molecule has 1 aliphatic rings. The van der Waals surface area contributed by atoms with Crippen LogP contribution in [-0.4, -0.2) is 25.5 Å². The van der Waals surface area contributed by atoms with Gasteiger partial charge in [-0.1, -0.05) is 34.1 Å². The number of benzene rings is 2. The highest BCUT2D eigenvalue weighted by Gasteiger charge is 2.17. The Balaban J connectivity index is 0.00000225. The van der Waals surface area contributed by atoms with E-state index in [1.54, 1.807) is 6.07 Å². The molecule has 0 saturated carbocycles. The molecule has 1 unspecified atom stereocenters. The lowest BCUT2D eigenvalue weighted by atomic mass is 9.99. The smallest absolute Gasteiger partial charge is 0.255 e. The van der Waals surface area contributed by atoms with E-state index >= 15 is 0 Å². The van der Waals surface area contributed by atoms with E-state index in [1.807, 2.05) is 42.5 Å². The van der Waals surface area contributed by atoms with Crippen molar-refractivity contribution in [3.63, 3.8) is 0 Å². The molecule has 2 N–H and O–H groups in total. The average molecular weight is 426 g/mol. The van der Waals surface area contributed by atoms with Gasteiger partial charge in [-0.25, -0.2) is 0 Å². The second kappa shape index (κ2) is 9.80. The highest BCUT2D eigenvalue weighted by atomic mass is 79.9. The maximum absolute atomic E-state index is 12.5. The Bertz CT molecular complexity index is 705. The Hall–Kier alpha value is -1.56. The number of nitrogens with one attached hydrogen (secondary N) is 2. The Kier molecular flexibility index (Phi) is 7.75. The number of piperidine rings is 1. The summed E-state index contributed by atoms with van der Waals surface area (Å²) in [4.78, 5) is 12.5. The first-order valence-corrected chi connectivity index (χ1v) is 9.03. The Labute approximate surface area is 162 Å². The zero-order valence-electron chi connectivity index (χ0n) is 13.8. The van der Waals surface area contributed by atoms with Gasteiger partial charge in [-0.2, -0.15) is 0 Å². The van der Waals surface area contributed by atoms with Crippen LogP contribution in [0.5, 0.6) is 11.5 Å². The van der Waals surface area contributed by atoms with Crippen LogP contribution in [0, 0.1) is 5.92 Å². The maximum Gasteiger partial charge on any atom is 0.255 e. The lowest BCUT2D eigenvalue weighted by Crippen LogP contribution is -2.38. The number of halogens is 2. The Morgan fingerprint density at radius 3 is 2.84 bits per heavy atom. The molecule has 1 fully saturated rings. The summed E-state index contributed by atoms with van der Waals surface area (Å²) in [6, 6.07) is 14.9. The van der Waals surface area contributed by atoms with Gasteiger partial charge < -0.3 is 15.4 Å². The SMILES string of the molecule is Cl.O=C(NCC1CCCNC1)c1ccccc1Oc1cccc(Br)c1. The van der Waals surface area contributed by atoms with Crippen LogP contribution in [0.15, 0.2) is 53.0 Å². The molecule has 1 aliphatic heterocycles. The van der Waals surface area contributed by atoms with E-state index in [9.17, 15) is 4.79 Å². The number of rotatable bonds is 5. The molecule has 25 heavy (non-hydrogen) atoms. The van der Waals surface area contributed by atoms with Gasteiger partial charge in [0, 0.05) is 11.0 Å². The first-order valence-electron chi connectivity index (χ1n) is 8.24. The minimum Gasteiger partial charge on any atom is -0.456 e. The normalized spacial score (nSPS) is 16.6. The lowest BCUT2D eigenvalue weighted by Gasteiger charge is -2.23. The van der Waals surface area contributed by atoms with Crippen molar-refractivity contribution in [3.8, 4) is 11.5 Å². The third-order valence-corrected chi connectivity index (χ3v) is 4.60. The van der Waals surface area contributed by atoms with Gasteiger partial charge in [0.2, 0.25) is 0 Å². The van der Waals surface area contributed by atoms with Crippen LogP contribution < -0.4 is 15.4 Å². The summed E-state index contributed by atoms with van der Waals surface area (Å²) in [6.07, 6.45) is 2.33. The van der Waals surface area contributed by atoms with Crippen LogP contribution >= 0.6 is 28.3 Å². The molecule has 4 nitrogen and oxygen atoms in total. The molecule has 1 atom stereocenters. The van der Waals surface area contributed by atoms with E-state index in [2.05, 4.69) is 26.6 Å². The fraction of sp³-hybridized carbons (Fsp3) is 0.316. The number of hydrogen-bond acceptors (Lipinski definition) is 3. The Morgan fingerprint density at radius 1 is 1.24 bits per heavy atom. The van der Waals surface area contributed by atoms with Crippen LogP contribution in [0.25, 0.3) is 0 Å². The van der Waals surface area contributed by atoms with Gasteiger partial charge in [0.25, 0.3) is 5.91 Å². The van der Waals surface area contributed by atoms with Gasteiger partial charge in [-0.05, 0) is 62.2 Å². The summed E-state index contributed by atoms with van der Waals surface area (Å²) in [7, 11) is 0. The summed E-state index contributed by atoms with van der Waals surface area (Å²) in [5.41, 5.74) is 0.557. The van der Waals surface area contributed by atoms with E-state index in [0.717, 1.165) is 24.0 Å². The zero-order chi connectivity index (χ0) is 16.8. The van der Waals surface area contributed by atoms with Crippen molar-refractivity contribution in [2.24, 2.45) is 5.92 Å². The minimum atomic E-state index is -0.0915. The van der Waals surface area contributed by atoms with Crippen LogP contribution in [0.4, 0.5) is 0 Å². The van der Waals surface area contributed by atoms with Gasteiger partial charge in [0.05, 0.1) is 5.56 Å². The fourth-order valence-electron chi connectivity index (χ4n) is 2.83. The zero-order valence-corrected chi connectivity index (χ0v) is 16.2. The number of carbonyl (C=O) groups excluding carboxylic acids is 1. The van der Waals surface area contributed by atoms with Gasteiger partial charge in [0.1, 0.15) is 11.5 Å². The quantitative estimate of drug-likeness (QED) is 0.747. The summed E-state index contributed by atoms with van der Waals surface area (Å²) in [5.74, 6) is 1.67. The summed E-state index contributed by atoms with van der Waals surface area (Å²) in [5, 5.41) is 6.41. The van der Waals surface area contributed by atoms with Crippen molar-refractivity contribution in [3.05, 3.63) is 58.6 Å². The molecule has 1 saturated heterocycles. The first kappa shape index (κ1) is 19.8. The monoisotopic (exact) mass is 424 g/mol. The van der Waals surface area contributed by atoms with Gasteiger partial charge in [0.15, 0.2) is 0 Å². The fourth-order valence-corrected chi connectivity index (χ4v) is 3.21. The average Bonchev–Trinajstić information content (AvgIpc) is 2.61. The molecule has 3 rings (SSSR count). The van der Waals surface area contributed by atoms with Crippen molar-refractivity contribution < 1.29 is 9.53 Å². The van der Waals surface area contributed by atoms with E-state index in [1.165, 1.54) is 6.42 Å². The molecule has 2 aromatic carbocycles. The van der Waals surface area contributed by atoms with E-state index in [4.69, 9.17) is 4.74 Å². The molecular formula is C19H22BrClN2O2. The number of hydrogen-bond donors (Lipinski definition) is 2. The third kappa shape index (κ3) is 5.73. The van der Waals surface area contributed by atoms with Crippen LogP contribution in [0.3, 0.4) is 0 Å². The summed E-state index contributed by atoms with van der Waals surface area (Å²) in [6.45, 7) is 2.74. The molecule has 0 aliphatic carbocycles. The van der Waals surface area contributed by atoms with Crippen molar-refractivity contribution >= 4 is 34.2 Å². The lowest BCUT2D eigenvalue weighted by molar-refractivity contribution is 0.0942. The summed E-state index contributed by atoms with van der Waals surface area (Å²) >= 11 is 3.43. The molecule has 0 spiro atoms. The van der Waals surface area contributed by atoms with Crippen molar-refractivity contribution in [2.45, 2.75) is 12.8 Å². The summed E-state index contributed by atoms with van der Waals surface area (Å²) < 4.78 is 6.84. The molecular weight excluding hydrogens is 404 g/mol. The van der Waals surface area contributed by atoms with Crippen molar-refractivity contribution in [1.29, 1.82) is 0 Å². The standard InChI is InChI=1S/C19H21BrN2O2.ClH/c20-15-6-3-7-16(11-15)24-18-9-2-1-8-17(18)19(23)22-13-14-5-4-10-21-12-14;/h1-3,6-9,11,14,21H,4-5,10,12-13H2,(H,22,23);1H. The van der Waals surface area contributed by atoms with E-state index < -0.39 is 0 Å². The minimum absolute atomic E-state index is 0. The van der Waals surface area contributed by atoms with Crippen LogP contribution in [0.2, 0.25) is 0 Å². The van der Waals surface area contributed by atoms with Crippen molar-refractivity contribution in [1.82, 2.24) is 10.6 Å². The highest BCUT2D eigenvalue weighted by molar-refractivity contribution is 9.10. The van der Waals surface area contributed by atoms with E-state index in [0.29, 0.717) is 29.5 Å².